The van der Waals surface area contributed by atoms with Gasteiger partial charge >= 0.3 is 5.97 Å². The maximum Gasteiger partial charge on any atom is 0.329 e. The average molecular weight is 241 g/mol. The van der Waals surface area contributed by atoms with Crippen molar-refractivity contribution in [3.05, 3.63) is 0 Å². The Kier molecular flexibility index (Phi) is 3.38. The van der Waals surface area contributed by atoms with Gasteiger partial charge in [0.15, 0.2) is 0 Å². The van der Waals surface area contributed by atoms with E-state index in [9.17, 15) is 14.7 Å². The number of carbonyl (C=O) groups is 2. The van der Waals surface area contributed by atoms with E-state index in [0.717, 1.165) is 12.8 Å². The van der Waals surface area contributed by atoms with E-state index < -0.39 is 11.5 Å². The summed E-state index contributed by atoms with van der Waals surface area (Å²) in [5, 5.41) is 12.0. The zero-order valence-corrected chi connectivity index (χ0v) is 10.1. The molecule has 0 bridgehead atoms. The third-order valence-electron chi connectivity index (χ3n) is 3.94. The second-order valence-electron chi connectivity index (χ2n) is 5.05. The number of ether oxygens (including phenoxy) is 1. The number of hydrogen-bond donors (Lipinski definition) is 2. The number of carboxylic acid groups (broad SMARTS) is 1. The van der Waals surface area contributed by atoms with Gasteiger partial charge in [0, 0.05) is 6.61 Å². The first kappa shape index (κ1) is 12.4. The molecule has 1 aliphatic heterocycles. The van der Waals surface area contributed by atoms with Crippen molar-refractivity contribution in [2.45, 2.75) is 50.7 Å². The Morgan fingerprint density at radius 2 is 2.00 bits per heavy atom. The van der Waals surface area contributed by atoms with Gasteiger partial charge in [-0.25, -0.2) is 4.79 Å². The highest BCUT2D eigenvalue weighted by molar-refractivity contribution is 5.88. The predicted molar refractivity (Wildman–Crippen MR) is 60.5 cm³/mol. The van der Waals surface area contributed by atoms with Crippen LogP contribution in [0, 0.1) is 5.92 Å². The van der Waals surface area contributed by atoms with Gasteiger partial charge in [-0.15, -0.1) is 0 Å². The summed E-state index contributed by atoms with van der Waals surface area (Å²) in [7, 11) is 0. The van der Waals surface area contributed by atoms with Crippen molar-refractivity contribution in [1.29, 1.82) is 0 Å². The maximum absolute atomic E-state index is 12.1. The van der Waals surface area contributed by atoms with Crippen molar-refractivity contribution in [3.8, 4) is 0 Å². The molecule has 1 heterocycles. The monoisotopic (exact) mass is 241 g/mol. The zero-order chi connectivity index (χ0) is 12.5. The molecule has 1 aliphatic carbocycles. The minimum Gasteiger partial charge on any atom is -0.480 e. The quantitative estimate of drug-likeness (QED) is 0.770. The van der Waals surface area contributed by atoms with E-state index >= 15 is 0 Å². The minimum atomic E-state index is -1.03. The Hall–Kier alpha value is -1.10. The standard InChI is InChI=1S/C12H19NO4/c1-8-9(4-7-17-8)10(14)13-12(11(15)16)5-2-3-6-12/h8-9H,2-7H2,1H3,(H,13,14)(H,15,16). The summed E-state index contributed by atoms with van der Waals surface area (Å²) < 4.78 is 5.34. The summed E-state index contributed by atoms with van der Waals surface area (Å²) in [4.78, 5) is 23.4. The fraction of sp³-hybridized carbons (Fsp3) is 0.833. The van der Waals surface area contributed by atoms with Crippen molar-refractivity contribution in [2.24, 2.45) is 5.92 Å². The molecule has 1 saturated heterocycles. The SMILES string of the molecule is CC1OCCC1C(=O)NC1(C(=O)O)CCCC1. The van der Waals surface area contributed by atoms with Crippen LogP contribution < -0.4 is 5.32 Å². The molecule has 1 saturated carbocycles. The maximum atomic E-state index is 12.1. The van der Waals surface area contributed by atoms with Crippen LogP contribution in [-0.4, -0.2) is 35.2 Å². The second kappa shape index (κ2) is 4.64. The summed E-state index contributed by atoms with van der Waals surface area (Å²) in [5.41, 5.74) is -1.03. The molecule has 17 heavy (non-hydrogen) atoms. The van der Waals surface area contributed by atoms with Gasteiger partial charge in [-0.2, -0.15) is 0 Å². The number of carboxylic acids is 1. The van der Waals surface area contributed by atoms with Gasteiger partial charge in [0.05, 0.1) is 12.0 Å². The van der Waals surface area contributed by atoms with Crippen molar-refractivity contribution in [2.75, 3.05) is 6.61 Å². The van der Waals surface area contributed by atoms with Crippen LogP contribution in [0.3, 0.4) is 0 Å². The largest absolute Gasteiger partial charge is 0.480 e. The molecule has 2 aliphatic rings. The smallest absolute Gasteiger partial charge is 0.329 e. The van der Waals surface area contributed by atoms with E-state index in [0.29, 0.717) is 25.9 Å². The number of amides is 1. The molecular formula is C12H19NO4. The molecule has 2 N–H and O–H groups in total. The Morgan fingerprint density at radius 3 is 2.47 bits per heavy atom. The molecule has 0 radical (unpaired) electrons. The molecule has 2 fully saturated rings. The predicted octanol–water partition coefficient (Wildman–Crippen LogP) is 0.925. The van der Waals surface area contributed by atoms with Crippen LogP contribution in [-0.2, 0) is 14.3 Å². The minimum absolute atomic E-state index is 0.109. The first-order valence-electron chi connectivity index (χ1n) is 6.22. The fourth-order valence-electron chi connectivity index (χ4n) is 2.78. The topological polar surface area (TPSA) is 75.6 Å². The summed E-state index contributed by atoms with van der Waals surface area (Å²) in [6, 6.07) is 0. The van der Waals surface area contributed by atoms with Gasteiger partial charge in [-0.3, -0.25) is 4.79 Å². The van der Waals surface area contributed by atoms with Gasteiger partial charge in [0.2, 0.25) is 5.91 Å². The van der Waals surface area contributed by atoms with E-state index in [1.54, 1.807) is 0 Å². The van der Waals surface area contributed by atoms with Crippen molar-refractivity contribution >= 4 is 11.9 Å². The van der Waals surface area contributed by atoms with Crippen LogP contribution in [0.2, 0.25) is 0 Å². The molecule has 0 spiro atoms. The molecule has 2 atom stereocenters. The number of hydrogen-bond acceptors (Lipinski definition) is 3. The van der Waals surface area contributed by atoms with Crippen LogP contribution in [0.15, 0.2) is 0 Å². The summed E-state index contributed by atoms with van der Waals surface area (Å²) in [6.07, 6.45) is 3.38. The van der Waals surface area contributed by atoms with E-state index in [1.165, 1.54) is 0 Å². The molecular weight excluding hydrogens is 222 g/mol. The lowest BCUT2D eigenvalue weighted by molar-refractivity contribution is -0.148. The number of aliphatic carboxylic acids is 1. The third kappa shape index (κ3) is 2.29. The summed E-state index contributed by atoms with van der Waals surface area (Å²) >= 11 is 0. The van der Waals surface area contributed by atoms with E-state index in [2.05, 4.69) is 5.32 Å². The van der Waals surface area contributed by atoms with E-state index in [1.807, 2.05) is 6.92 Å². The average Bonchev–Trinajstić information content (AvgIpc) is 2.87. The Morgan fingerprint density at radius 1 is 1.35 bits per heavy atom. The summed E-state index contributed by atoms with van der Waals surface area (Å²) in [5.74, 6) is -1.28. The molecule has 1 amide bonds. The molecule has 96 valence electrons. The lowest BCUT2D eigenvalue weighted by Crippen LogP contribution is -2.54. The fourth-order valence-corrected chi connectivity index (χ4v) is 2.78. The molecule has 0 aromatic rings. The van der Waals surface area contributed by atoms with Crippen LogP contribution in [0.1, 0.15) is 39.0 Å². The van der Waals surface area contributed by atoms with Gasteiger partial charge in [-0.1, -0.05) is 12.8 Å². The van der Waals surface area contributed by atoms with Crippen LogP contribution in [0.5, 0.6) is 0 Å². The van der Waals surface area contributed by atoms with Gasteiger partial charge in [-0.05, 0) is 26.2 Å². The molecule has 5 nitrogen and oxygen atoms in total. The third-order valence-corrected chi connectivity index (χ3v) is 3.94. The van der Waals surface area contributed by atoms with Crippen LogP contribution >= 0.6 is 0 Å². The molecule has 0 aromatic carbocycles. The first-order chi connectivity index (χ1) is 8.05. The highest BCUT2D eigenvalue weighted by Crippen LogP contribution is 2.31. The highest BCUT2D eigenvalue weighted by Gasteiger charge is 2.44. The van der Waals surface area contributed by atoms with Gasteiger partial charge in [0.25, 0.3) is 0 Å². The second-order valence-corrected chi connectivity index (χ2v) is 5.05. The molecule has 2 rings (SSSR count). The Labute approximate surface area is 101 Å². The lowest BCUT2D eigenvalue weighted by Gasteiger charge is -2.27. The zero-order valence-electron chi connectivity index (χ0n) is 10.1. The molecule has 2 unspecified atom stereocenters. The molecule has 5 heteroatoms. The van der Waals surface area contributed by atoms with Crippen LogP contribution in [0.4, 0.5) is 0 Å². The Balaban J connectivity index is 2.03. The van der Waals surface area contributed by atoms with Gasteiger partial charge < -0.3 is 15.2 Å². The van der Waals surface area contributed by atoms with E-state index in [-0.39, 0.29) is 17.9 Å². The summed E-state index contributed by atoms with van der Waals surface area (Å²) in [6.45, 7) is 2.44. The van der Waals surface area contributed by atoms with Crippen molar-refractivity contribution in [1.82, 2.24) is 5.32 Å². The number of rotatable bonds is 3. The normalized spacial score (nSPS) is 31.4. The number of nitrogens with one attached hydrogen (secondary N) is 1. The molecule has 0 aromatic heterocycles. The van der Waals surface area contributed by atoms with E-state index in [4.69, 9.17) is 4.74 Å². The first-order valence-corrected chi connectivity index (χ1v) is 6.22. The number of carbonyl (C=O) groups excluding carboxylic acids is 1. The van der Waals surface area contributed by atoms with Crippen molar-refractivity contribution in [3.63, 3.8) is 0 Å². The highest BCUT2D eigenvalue weighted by atomic mass is 16.5. The van der Waals surface area contributed by atoms with Crippen molar-refractivity contribution < 1.29 is 19.4 Å². The lowest BCUT2D eigenvalue weighted by atomic mass is 9.94. The van der Waals surface area contributed by atoms with Gasteiger partial charge in [0.1, 0.15) is 5.54 Å². The Bertz CT molecular complexity index is 322. The van der Waals surface area contributed by atoms with Crippen LogP contribution in [0.25, 0.3) is 0 Å².